The lowest BCUT2D eigenvalue weighted by Crippen LogP contribution is -2.23. The summed E-state index contributed by atoms with van der Waals surface area (Å²) in [6.07, 6.45) is 5.52. The number of likely N-dealkylation sites (tertiary alicyclic amines) is 1. The number of halogens is 1. The molecule has 1 unspecified atom stereocenters. The molecule has 1 aliphatic heterocycles. The molecule has 16 heavy (non-hydrogen) atoms. The molecule has 1 aromatic rings. The largest absolute Gasteiger partial charge is 0.380 e. The summed E-state index contributed by atoms with van der Waals surface area (Å²) in [4.78, 5) is 6.63. The van der Waals surface area contributed by atoms with Crippen molar-refractivity contribution in [2.24, 2.45) is 0 Å². The van der Waals surface area contributed by atoms with Crippen molar-refractivity contribution in [3.63, 3.8) is 0 Å². The zero-order chi connectivity index (χ0) is 11.4. The summed E-state index contributed by atoms with van der Waals surface area (Å²) in [5, 5.41) is 3.57. The number of pyridine rings is 1. The van der Waals surface area contributed by atoms with E-state index >= 15 is 0 Å². The maximum absolute atomic E-state index is 4.23. The average molecular weight is 284 g/mol. The Morgan fingerprint density at radius 3 is 3.12 bits per heavy atom. The Balaban J connectivity index is 1.96. The van der Waals surface area contributed by atoms with Gasteiger partial charge in [-0.15, -0.1) is 0 Å². The first-order valence-electron chi connectivity index (χ1n) is 5.81. The number of anilines is 1. The van der Waals surface area contributed by atoms with E-state index in [0.717, 1.165) is 10.3 Å². The summed E-state index contributed by atoms with van der Waals surface area (Å²) in [5.41, 5.74) is 1.11. The summed E-state index contributed by atoms with van der Waals surface area (Å²) in [6.45, 7) is 2.39. The van der Waals surface area contributed by atoms with Gasteiger partial charge >= 0.3 is 0 Å². The predicted molar refractivity (Wildman–Crippen MR) is 70.7 cm³/mol. The molecular formula is C12H18BrN3. The molecule has 0 aromatic carbocycles. The van der Waals surface area contributed by atoms with Gasteiger partial charge in [-0.05, 0) is 67.5 Å². The molecule has 1 saturated heterocycles. The second-order valence-corrected chi connectivity index (χ2v) is 5.17. The monoisotopic (exact) mass is 283 g/mol. The van der Waals surface area contributed by atoms with E-state index in [9.17, 15) is 0 Å². The van der Waals surface area contributed by atoms with Gasteiger partial charge in [0.15, 0.2) is 0 Å². The summed E-state index contributed by atoms with van der Waals surface area (Å²) < 4.78 is 0.910. The lowest BCUT2D eigenvalue weighted by atomic mass is 10.1. The van der Waals surface area contributed by atoms with Crippen molar-refractivity contribution in [1.82, 2.24) is 9.88 Å². The summed E-state index contributed by atoms with van der Waals surface area (Å²) >= 11 is 3.47. The smallest absolute Gasteiger partial charge is 0.129 e. The van der Waals surface area contributed by atoms with Crippen molar-refractivity contribution in [2.45, 2.75) is 25.3 Å². The van der Waals surface area contributed by atoms with Gasteiger partial charge in [0.2, 0.25) is 0 Å². The Bertz CT molecular complexity index is 343. The van der Waals surface area contributed by atoms with Crippen LogP contribution in [0.25, 0.3) is 0 Å². The first kappa shape index (κ1) is 11.9. The molecule has 2 rings (SSSR count). The maximum atomic E-state index is 4.23. The molecule has 1 aliphatic rings. The summed E-state index contributed by atoms with van der Waals surface area (Å²) in [7, 11) is 2.20. The van der Waals surface area contributed by atoms with Gasteiger partial charge in [-0.3, -0.25) is 0 Å². The molecule has 4 heteroatoms. The minimum Gasteiger partial charge on any atom is -0.380 e. The van der Waals surface area contributed by atoms with E-state index in [-0.39, 0.29) is 0 Å². The molecule has 88 valence electrons. The normalized spacial score (nSPS) is 22.8. The SMILES string of the molecule is CN1CCCC(Nc2cccnc2Br)CC1. The number of nitrogens with zero attached hydrogens (tertiary/aromatic N) is 2. The zero-order valence-electron chi connectivity index (χ0n) is 9.62. The second-order valence-electron chi connectivity index (χ2n) is 4.42. The highest BCUT2D eigenvalue weighted by molar-refractivity contribution is 9.10. The maximum Gasteiger partial charge on any atom is 0.129 e. The van der Waals surface area contributed by atoms with Gasteiger partial charge in [-0.1, -0.05) is 0 Å². The van der Waals surface area contributed by atoms with Gasteiger partial charge in [0.05, 0.1) is 5.69 Å². The number of hydrogen-bond donors (Lipinski definition) is 1. The van der Waals surface area contributed by atoms with Crippen molar-refractivity contribution in [1.29, 1.82) is 0 Å². The highest BCUT2D eigenvalue weighted by Crippen LogP contribution is 2.22. The van der Waals surface area contributed by atoms with Crippen LogP contribution >= 0.6 is 15.9 Å². The molecule has 0 amide bonds. The Morgan fingerprint density at radius 1 is 1.44 bits per heavy atom. The quantitative estimate of drug-likeness (QED) is 0.846. The van der Waals surface area contributed by atoms with Gasteiger partial charge in [0, 0.05) is 12.2 Å². The first-order chi connectivity index (χ1) is 7.75. The van der Waals surface area contributed by atoms with E-state index in [2.05, 4.69) is 44.2 Å². The Morgan fingerprint density at radius 2 is 2.31 bits per heavy atom. The number of aromatic nitrogens is 1. The summed E-state index contributed by atoms with van der Waals surface area (Å²) in [5.74, 6) is 0. The molecule has 0 bridgehead atoms. The molecule has 1 N–H and O–H groups in total. The van der Waals surface area contributed by atoms with Crippen LogP contribution in [0.15, 0.2) is 22.9 Å². The Hall–Kier alpha value is -0.610. The van der Waals surface area contributed by atoms with Crippen LogP contribution in [0.5, 0.6) is 0 Å². The fourth-order valence-corrected chi connectivity index (χ4v) is 2.46. The van der Waals surface area contributed by atoms with Crippen LogP contribution in [-0.4, -0.2) is 36.1 Å². The van der Waals surface area contributed by atoms with Gasteiger partial charge in [-0.25, -0.2) is 4.98 Å². The second kappa shape index (κ2) is 5.64. The average Bonchev–Trinajstić information content (AvgIpc) is 2.47. The van der Waals surface area contributed by atoms with Crippen LogP contribution in [0.1, 0.15) is 19.3 Å². The van der Waals surface area contributed by atoms with Crippen LogP contribution in [0, 0.1) is 0 Å². The lowest BCUT2D eigenvalue weighted by Gasteiger charge is -2.18. The molecule has 2 heterocycles. The number of nitrogens with one attached hydrogen (secondary N) is 1. The molecule has 0 aliphatic carbocycles. The molecule has 3 nitrogen and oxygen atoms in total. The highest BCUT2D eigenvalue weighted by Gasteiger charge is 2.15. The van der Waals surface area contributed by atoms with Crippen LogP contribution in [0.2, 0.25) is 0 Å². The molecule has 0 spiro atoms. The molecule has 1 atom stereocenters. The van der Waals surface area contributed by atoms with E-state index in [0.29, 0.717) is 6.04 Å². The summed E-state index contributed by atoms with van der Waals surface area (Å²) in [6, 6.07) is 4.62. The fourth-order valence-electron chi connectivity index (χ4n) is 2.10. The Labute approximate surface area is 105 Å². The van der Waals surface area contributed by atoms with E-state index in [1.165, 1.54) is 32.4 Å². The number of hydrogen-bond acceptors (Lipinski definition) is 3. The lowest BCUT2D eigenvalue weighted by molar-refractivity contribution is 0.348. The molecule has 1 fully saturated rings. The molecule has 1 aromatic heterocycles. The first-order valence-corrected chi connectivity index (χ1v) is 6.60. The Kier molecular flexibility index (Phi) is 4.18. The van der Waals surface area contributed by atoms with Crippen molar-refractivity contribution >= 4 is 21.6 Å². The number of rotatable bonds is 2. The van der Waals surface area contributed by atoms with E-state index < -0.39 is 0 Å². The van der Waals surface area contributed by atoms with Crippen molar-refractivity contribution in [3.05, 3.63) is 22.9 Å². The van der Waals surface area contributed by atoms with Crippen LogP contribution in [-0.2, 0) is 0 Å². The third kappa shape index (κ3) is 3.19. The topological polar surface area (TPSA) is 28.2 Å². The van der Waals surface area contributed by atoms with Gasteiger partial charge in [-0.2, -0.15) is 0 Å². The molecule has 0 saturated carbocycles. The van der Waals surface area contributed by atoms with Crippen molar-refractivity contribution < 1.29 is 0 Å². The fraction of sp³-hybridized carbons (Fsp3) is 0.583. The van der Waals surface area contributed by atoms with Gasteiger partial charge in [0.1, 0.15) is 4.60 Å². The third-order valence-electron chi connectivity index (χ3n) is 3.07. The minimum atomic E-state index is 0.574. The van der Waals surface area contributed by atoms with Gasteiger partial charge in [0.25, 0.3) is 0 Å². The van der Waals surface area contributed by atoms with E-state index in [1.807, 2.05) is 6.07 Å². The minimum absolute atomic E-state index is 0.574. The molecule has 0 radical (unpaired) electrons. The van der Waals surface area contributed by atoms with Crippen LogP contribution in [0.3, 0.4) is 0 Å². The predicted octanol–water partition coefficient (Wildman–Crippen LogP) is 2.74. The standard InChI is InChI=1S/C12H18BrN3/c1-16-8-3-4-10(6-9-16)15-11-5-2-7-14-12(11)13/h2,5,7,10,15H,3-4,6,8-9H2,1H3. The zero-order valence-corrected chi connectivity index (χ0v) is 11.2. The van der Waals surface area contributed by atoms with Crippen LogP contribution < -0.4 is 5.32 Å². The van der Waals surface area contributed by atoms with Crippen molar-refractivity contribution in [2.75, 3.05) is 25.5 Å². The van der Waals surface area contributed by atoms with E-state index in [4.69, 9.17) is 0 Å². The third-order valence-corrected chi connectivity index (χ3v) is 3.70. The highest BCUT2D eigenvalue weighted by atomic mass is 79.9. The molecular weight excluding hydrogens is 266 g/mol. The van der Waals surface area contributed by atoms with Crippen LogP contribution in [0.4, 0.5) is 5.69 Å². The van der Waals surface area contributed by atoms with Crippen molar-refractivity contribution in [3.8, 4) is 0 Å². The van der Waals surface area contributed by atoms with E-state index in [1.54, 1.807) is 6.20 Å². The van der Waals surface area contributed by atoms with Gasteiger partial charge < -0.3 is 10.2 Å².